The maximum Gasteiger partial charge on any atom is 0.248 e. The van der Waals surface area contributed by atoms with E-state index in [1.807, 2.05) is 6.92 Å². The molecule has 0 fully saturated rings. The van der Waals surface area contributed by atoms with Crippen LogP contribution in [0.15, 0.2) is 24.3 Å². The highest BCUT2D eigenvalue weighted by molar-refractivity contribution is 6.31. The van der Waals surface area contributed by atoms with Crippen molar-refractivity contribution in [2.45, 2.75) is 40.2 Å². The second kappa shape index (κ2) is 9.32. The normalized spacial score (nSPS) is 11.0. The third-order valence-electron chi connectivity index (χ3n) is 3.78. The molecule has 0 spiro atoms. The summed E-state index contributed by atoms with van der Waals surface area (Å²) in [4.78, 5) is 23.2. The van der Waals surface area contributed by atoms with E-state index in [2.05, 4.69) is 22.7 Å². The molecule has 0 atom stereocenters. The number of nitrogens with zero attached hydrogens (tertiary/aromatic N) is 2. The van der Waals surface area contributed by atoms with Gasteiger partial charge in [-0.25, -0.2) is 4.39 Å². The van der Waals surface area contributed by atoms with E-state index in [9.17, 15) is 14.0 Å². The van der Waals surface area contributed by atoms with Crippen molar-refractivity contribution in [1.29, 1.82) is 0 Å². The quantitative estimate of drug-likeness (QED) is 0.686. The van der Waals surface area contributed by atoms with E-state index in [0.717, 1.165) is 12.8 Å². The number of unbranched alkanes of at least 4 members (excludes halogenated alkanes) is 1. The molecule has 0 bridgehead atoms. The lowest BCUT2D eigenvalue weighted by molar-refractivity contribution is -0.114. The van der Waals surface area contributed by atoms with Crippen LogP contribution < -0.4 is 10.6 Å². The van der Waals surface area contributed by atoms with Crippen LogP contribution in [0.5, 0.6) is 0 Å². The number of anilines is 2. The van der Waals surface area contributed by atoms with Crippen LogP contribution in [0.25, 0.3) is 6.08 Å². The molecule has 1 aromatic carbocycles. The average molecular weight is 393 g/mol. The minimum absolute atomic E-state index is 0.0302. The second-order valence-corrected chi connectivity index (χ2v) is 6.42. The molecular formula is C19H22ClFN4O2. The fraction of sp³-hybridized carbons (Fsp3) is 0.316. The molecule has 0 saturated heterocycles. The van der Waals surface area contributed by atoms with Crippen molar-refractivity contribution < 1.29 is 14.0 Å². The van der Waals surface area contributed by atoms with E-state index in [-0.39, 0.29) is 11.6 Å². The summed E-state index contributed by atoms with van der Waals surface area (Å²) in [5.41, 5.74) is 1.71. The van der Waals surface area contributed by atoms with E-state index in [1.54, 1.807) is 10.8 Å². The summed E-state index contributed by atoms with van der Waals surface area (Å²) in [6.07, 6.45) is 4.79. The Morgan fingerprint density at radius 1 is 1.33 bits per heavy atom. The van der Waals surface area contributed by atoms with Gasteiger partial charge in [-0.3, -0.25) is 14.3 Å². The predicted molar refractivity (Wildman–Crippen MR) is 105 cm³/mol. The predicted octanol–water partition coefficient (Wildman–Crippen LogP) is 4.39. The molecular weight excluding hydrogens is 371 g/mol. The molecule has 144 valence electrons. The summed E-state index contributed by atoms with van der Waals surface area (Å²) in [6.45, 7) is 5.94. The molecule has 0 radical (unpaired) electrons. The SMILES string of the molecule is CCCCn1nc(C)c(/C=C/C(=O)Nc2cc(NC(C)=O)ccc2F)c1Cl. The summed E-state index contributed by atoms with van der Waals surface area (Å²) in [5, 5.41) is 9.81. The number of halogens is 2. The third-order valence-corrected chi connectivity index (χ3v) is 4.18. The maximum absolute atomic E-state index is 13.9. The molecule has 0 aliphatic carbocycles. The lowest BCUT2D eigenvalue weighted by Crippen LogP contribution is -2.11. The van der Waals surface area contributed by atoms with Crippen molar-refractivity contribution in [3.05, 3.63) is 46.5 Å². The van der Waals surface area contributed by atoms with Crippen molar-refractivity contribution >= 4 is 40.9 Å². The molecule has 27 heavy (non-hydrogen) atoms. The molecule has 2 amide bonds. The third kappa shape index (κ3) is 5.65. The summed E-state index contributed by atoms with van der Waals surface area (Å²) < 4.78 is 15.6. The number of amides is 2. The zero-order valence-corrected chi connectivity index (χ0v) is 16.2. The molecule has 1 aromatic heterocycles. The van der Waals surface area contributed by atoms with Crippen LogP contribution in [-0.4, -0.2) is 21.6 Å². The van der Waals surface area contributed by atoms with Crippen LogP contribution in [0, 0.1) is 12.7 Å². The van der Waals surface area contributed by atoms with Gasteiger partial charge in [0.25, 0.3) is 0 Å². The Hall–Kier alpha value is -2.67. The van der Waals surface area contributed by atoms with Gasteiger partial charge in [0.1, 0.15) is 11.0 Å². The summed E-state index contributed by atoms with van der Waals surface area (Å²) in [5.74, 6) is -1.41. The van der Waals surface area contributed by atoms with Gasteiger partial charge in [0.15, 0.2) is 0 Å². The second-order valence-electron chi connectivity index (χ2n) is 6.06. The Morgan fingerprint density at radius 2 is 2.07 bits per heavy atom. The van der Waals surface area contributed by atoms with Crippen molar-refractivity contribution in [3.8, 4) is 0 Å². The highest BCUT2D eigenvalue weighted by Crippen LogP contribution is 2.23. The molecule has 2 N–H and O–H groups in total. The Morgan fingerprint density at radius 3 is 2.74 bits per heavy atom. The van der Waals surface area contributed by atoms with Crippen molar-refractivity contribution in [2.75, 3.05) is 10.6 Å². The van der Waals surface area contributed by atoms with Crippen LogP contribution in [0.3, 0.4) is 0 Å². The first-order valence-electron chi connectivity index (χ1n) is 8.61. The Kier molecular flexibility index (Phi) is 7.12. The highest BCUT2D eigenvalue weighted by atomic mass is 35.5. The first-order valence-corrected chi connectivity index (χ1v) is 8.98. The van der Waals surface area contributed by atoms with Gasteiger partial charge in [-0.2, -0.15) is 5.10 Å². The molecule has 0 unspecified atom stereocenters. The van der Waals surface area contributed by atoms with Crippen LogP contribution in [-0.2, 0) is 16.1 Å². The number of rotatable bonds is 7. The van der Waals surface area contributed by atoms with Crippen LogP contribution >= 0.6 is 11.6 Å². The lowest BCUT2D eigenvalue weighted by Gasteiger charge is -2.07. The van der Waals surface area contributed by atoms with Crippen LogP contribution in [0.1, 0.15) is 37.9 Å². The van der Waals surface area contributed by atoms with Gasteiger partial charge in [-0.05, 0) is 37.6 Å². The summed E-state index contributed by atoms with van der Waals surface area (Å²) >= 11 is 6.32. The number of hydrogen-bond donors (Lipinski definition) is 2. The molecule has 8 heteroatoms. The summed E-state index contributed by atoms with van der Waals surface area (Å²) in [6, 6.07) is 3.93. The van der Waals surface area contributed by atoms with E-state index >= 15 is 0 Å². The summed E-state index contributed by atoms with van der Waals surface area (Å²) in [7, 11) is 0. The van der Waals surface area contributed by atoms with Gasteiger partial charge < -0.3 is 10.6 Å². The van der Waals surface area contributed by atoms with Crippen molar-refractivity contribution in [1.82, 2.24) is 9.78 Å². The Balaban J connectivity index is 2.12. The maximum atomic E-state index is 13.9. The standard InChI is InChI=1S/C19H22ClFN4O2/c1-4-5-10-25-19(20)15(12(2)24-25)7-9-18(27)23-17-11-14(22-13(3)26)6-8-16(17)21/h6-9,11H,4-5,10H2,1-3H3,(H,22,26)(H,23,27)/b9-7+. The fourth-order valence-electron chi connectivity index (χ4n) is 2.45. The highest BCUT2D eigenvalue weighted by Gasteiger charge is 2.12. The van der Waals surface area contributed by atoms with Gasteiger partial charge in [-0.1, -0.05) is 24.9 Å². The molecule has 0 saturated carbocycles. The monoisotopic (exact) mass is 392 g/mol. The van der Waals surface area contributed by atoms with Crippen LogP contribution in [0.2, 0.25) is 5.15 Å². The molecule has 0 aliphatic rings. The van der Waals surface area contributed by atoms with Crippen LogP contribution in [0.4, 0.5) is 15.8 Å². The smallest absolute Gasteiger partial charge is 0.248 e. The number of hydrogen-bond acceptors (Lipinski definition) is 3. The number of nitrogens with one attached hydrogen (secondary N) is 2. The zero-order valence-electron chi connectivity index (χ0n) is 15.5. The topological polar surface area (TPSA) is 76.0 Å². The number of aromatic nitrogens is 2. The van der Waals surface area contributed by atoms with E-state index in [1.165, 1.54) is 31.2 Å². The van der Waals surface area contributed by atoms with Gasteiger partial charge in [-0.15, -0.1) is 0 Å². The lowest BCUT2D eigenvalue weighted by atomic mass is 10.2. The average Bonchev–Trinajstić information content (AvgIpc) is 2.87. The molecule has 0 aliphatic heterocycles. The zero-order chi connectivity index (χ0) is 20.0. The van der Waals surface area contributed by atoms with E-state index in [4.69, 9.17) is 11.6 Å². The largest absolute Gasteiger partial charge is 0.326 e. The first kappa shape index (κ1) is 20.6. The molecule has 2 rings (SSSR count). The van der Waals surface area contributed by atoms with Gasteiger partial charge >= 0.3 is 0 Å². The van der Waals surface area contributed by atoms with Crippen molar-refractivity contribution in [3.63, 3.8) is 0 Å². The van der Waals surface area contributed by atoms with Gasteiger partial charge in [0.2, 0.25) is 11.8 Å². The minimum atomic E-state index is -0.604. The minimum Gasteiger partial charge on any atom is -0.326 e. The van der Waals surface area contributed by atoms with Crippen molar-refractivity contribution in [2.24, 2.45) is 0 Å². The Bertz CT molecular complexity index is 877. The number of benzene rings is 1. The fourth-order valence-corrected chi connectivity index (χ4v) is 2.77. The molecule has 1 heterocycles. The molecule has 2 aromatic rings. The number of carbonyl (C=O) groups excluding carboxylic acids is 2. The number of aryl methyl sites for hydroxylation is 2. The molecule has 6 nitrogen and oxygen atoms in total. The number of carbonyl (C=O) groups is 2. The van der Waals surface area contributed by atoms with E-state index < -0.39 is 11.7 Å². The van der Waals surface area contributed by atoms with E-state index in [0.29, 0.717) is 28.6 Å². The Labute approximate surface area is 162 Å². The van der Waals surface area contributed by atoms with Gasteiger partial charge in [0.05, 0.1) is 11.4 Å². The first-order chi connectivity index (χ1) is 12.8. The van der Waals surface area contributed by atoms with Gasteiger partial charge in [0, 0.05) is 30.8 Å².